The molecule has 0 aromatic carbocycles. The number of carbonyl (C=O) groups is 1. The van der Waals surface area contributed by atoms with Gasteiger partial charge in [0.15, 0.2) is 5.65 Å². The Morgan fingerprint density at radius 3 is 2.61 bits per heavy atom. The molecule has 0 atom stereocenters. The maximum atomic E-state index is 11.3. The number of carboxylic acid groups (broad SMARTS) is 1. The number of anilines is 1. The Hall–Kier alpha value is -2.78. The number of aliphatic carboxylic acids is 1. The van der Waals surface area contributed by atoms with Crippen LogP contribution < -0.4 is 5.73 Å². The monoisotopic (exact) mass is 497 g/mol. The van der Waals surface area contributed by atoms with E-state index in [4.69, 9.17) is 10.7 Å². The molecule has 1 aliphatic rings. The van der Waals surface area contributed by atoms with Crippen molar-refractivity contribution in [3.8, 4) is 22.4 Å². The zero-order valence-corrected chi connectivity index (χ0v) is 18.9. The van der Waals surface area contributed by atoms with Crippen LogP contribution in [0.3, 0.4) is 0 Å². The molecule has 3 N–H and O–H groups in total. The molecule has 0 amide bonds. The Morgan fingerprint density at radius 1 is 1.16 bits per heavy atom. The smallest absolute Gasteiger partial charge is 0.306 e. The third-order valence-corrected chi connectivity index (χ3v) is 7.50. The summed E-state index contributed by atoms with van der Waals surface area (Å²) in [4.78, 5) is 20.8. The molecule has 0 aliphatic heterocycles. The van der Waals surface area contributed by atoms with Gasteiger partial charge in [-0.05, 0) is 59.1 Å². The second kappa shape index (κ2) is 8.05. The maximum absolute atomic E-state index is 11.3. The first kappa shape index (κ1) is 20.1. The van der Waals surface area contributed by atoms with Gasteiger partial charge in [0.1, 0.15) is 5.82 Å². The molecule has 0 spiro atoms. The van der Waals surface area contributed by atoms with Gasteiger partial charge in [-0.15, -0.1) is 0 Å². The van der Waals surface area contributed by atoms with Crippen molar-refractivity contribution in [1.29, 1.82) is 0 Å². The molecule has 0 unspecified atom stereocenters. The highest BCUT2D eigenvalue weighted by Gasteiger charge is 2.30. The lowest BCUT2D eigenvalue weighted by Gasteiger charge is -2.26. The average molecular weight is 498 g/mol. The molecule has 0 bridgehead atoms. The highest BCUT2D eigenvalue weighted by atomic mass is 79.9. The van der Waals surface area contributed by atoms with E-state index in [1.165, 1.54) is 0 Å². The van der Waals surface area contributed by atoms with Gasteiger partial charge in [0, 0.05) is 34.2 Å². The van der Waals surface area contributed by atoms with Gasteiger partial charge in [0.2, 0.25) is 0 Å². The molecular formula is C22H20BrN5O2S. The third-order valence-electron chi connectivity index (χ3n) is 6.00. The van der Waals surface area contributed by atoms with Gasteiger partial charge >= 0.3 is 5.97 Å². The van der Waals surface area contributed by atoms with Crippen molar-refractivity contribution in [1.82, 2.24) is 19.6 Å². The van der Waals surface area contributed by atoms with Gasteiger partial charge in [0.25, 0.3) is 0 Å². The summed E-state index contributed by atoms with van der Waals surface area (Å²) in [7, 11) is 0. The molecule has 0 saturated heterocycles. The lowest BCUT2D eigenvalue weighted by atomic mass is 9.80. The number of thiophene rings is 1. The highest BCUT2D eigenvalue weighted by Crippen LogP contribution is 2.40. The average Bonchev–Trinajstić information content (AvgIpc) is 3.47. The van der Waals surface area contributed by atoms with Gasteiger partial charge in [-0.3, -0.25) is 9.78 Å². The Morgan fingerprint density at radius 2 is 1.97 bits per heavy atom. The van der Waals surface area contributed by atoms with Crippen LogP contribution >= 0.6 is 27.3 Å². The second-order valence-electron chi connectivity index (χ2n) is 7.82. The molecular weight excluding hydrogens is 478 g/mol. The molecule has 4 heterocycles. The van der Waals surface area contributed by atoms with Gasteiger partial charge in [-0.25, -0.2) is 4.98 Å². The van der Waals surface area contributed by atoms with E-state index in [9.17, 15) is 9.90 Å². The van der Waals surface area contributed by atoms with E-state index in [0.717, 1.165) is 45.4 Å². The predicted octanol–water partition coefficient (Wildman–Crippen LogP) is 5.22. The van der Waals surface area contributed by atoms with Crippen LogP contribution in [0.25, 0.3) is 28.0 Å². The van der Waals surface area contributed by atoms with Crippen LogP contribution in [0.1, 0.15) is 37.3 Å². The Kier molecular flexibility index (Phi) is 5.23. The van der Waals surface area contributed by atoms with Gasteiger partial charge < -0.3 is 10.8 Å². The quantitative estimate of drug-likeness (QED) is 0.400. The summed E-state index contributed by atoms with van der Waals surface area (Å²) >= 11 is 5.25. The van der Waals surface area contributed by atoms with Crippen LogP contribution in [0.4, 0.5) is 5.82 Å². The van der Waals surface area contributed by atoms with Crippen LogP contribution in [-0.2, 0) is 4.79 Å². The summed E-state index contributed by atoms with van der Waals surface area (Å²) < 4.78 is 2.37. The predicted molar refractivity (Wildman–Crippen MR) is 124 cm³/mol. The topological polar surface area (TPSA) is 106 Å². The molecule has 0 radical (unpaired) electrons. The first-order valence-electron chi connectivity index (χ1n) is 10.1. The summed E-state index contributed by atoms with van der Waals surface area (Å²) in [6.07, 6.45) is 6.45. The largest absolute Gasteiger partial charge is 0.481 e. The molecule has 7 nitrogen and oxygen atoms in total. The highest BCUT2D eigenvalue weighted by molar-refractivity contribution is 9.10. The van der Waals surface area contributed by atoms with Gasteiger partial charge in [-0.1, -0.05) is 6.07 Å². The van der Waals surface area contributed by atoms with Crippen LogP contribution in [0.5, 0.6) is 0 Å². The first-order chi connectivity index (χ1) is 15.0. The lowest BCUT2D eigenvalue weighted by molar-refractivity contribution is -0.142. The fourth-order valence-electron chi connectivity index (χ4n) is 4.24. The number of nitrogens with zero attached hydrogens (tertiary/aromatic N) is 4. The molecule has 9 heteroatoms. The number of hydrogen-bond donors (Lipinski definition) is 2. The summed E-state index contributed by atoms with van der Waals surface area (Å²) in [5.74, 6) is -0.319. The SMILES string of the molecule is Nc1c(Br)c(C2CCC(C(=O)O)CC2)nc2c(-c3ccc(-c4ccsc4)nc3)cnn12. The number of carboxylic acids is 1. The van der Waals surface area contributed by atoms with Crippen molar-refractivity contribution in [3.05, 3.63) is 51.5 Å². The molecule has 4 aromatic heterocycles. The van der Waals surface area contributed by atoms with Gasteiger partial charge in [-0.2, -0.15) is 21.0 Å². The second-order valence-corrected chi connectivity index (χ2v) is 9.39. The maximum Gasteiger partial charge on any atom is 0.306 e. The minimum absolute atomic E-state index is 0.166. The Labute approximate surface area is 191 Å². The summed E-state index contributed by atoms with van der Waals surface area (Å²) in [6.45, 7) is 0. The molecule has 1 fully saturated rings. The first-order valence-corrected chi connectivity index (χ1v) is 11.8. The number of halogens is 1. The number of fused-ring (bicyclic) bond motifs is 1. The van der Waals surface area contributed by atoms with E-state index >= 15 is 0 Å². The number of hydrogen-bond acceptors (Lipinski definition) is 6. The van der Waals surface area contributed by atoms with E-state index in [-0.39, 0.29) is 11.8 Å². The fraction of sp³-hybridized carbons (Fsp3) is 0.273. The van der Waals surface area contributed by atoms with Crippen LogP contribution in [0.15, 0.2) is 45.8 Å². The van der Waals surface area contributed by atoms with Crippen molar-refractivity contribution < 1.29 is 9.90 Å². The zero-order valence-electron chi connectivity index (χ0n) is 16.5. The van der Waals surface area contributed by atoms with E-state index in [0.29, 0.717) is 24.3 Å². The summed E-state index contributed by atoms with van der Waals surface area (Å²) in [5.41, 5.74) is 11.7. The van der Waals surface area contributed by atoms with E-state index in [1.54, 1.807) is 22.0 Å². The van der Waals surface area contributed by atoms with Crippen molar-refractivity contribution in [2.45, 2.75) is 31.6 Å². The van der Waals surface area contributed by atoms with Crippen molar-refractivity contribution in [3.63, 3.8) is 0 Å². The standard InChI is InChI=1S/C22H20BrN5O2S/c23-18-19(12-1-3-13(4-2-12)22(29)30)27-21-16(10-26-28(21)20(18)24)14-5-6-17(25-9-14)15-7-8-31-11-15/h5-13H,1-4,24H2,(H,29,30). The fourth-order valence-corrected chi connectivity index (χ4v) is 5.47. The van der Waals surface area contributed by atoms with E-state index < -0.39 is 5.97 Å². The minimum atomic E-state index is -0.711. The number of nitrogen functional groups attached to an aromatic ring is 1. The lowest BCUT2D eigenvalue weighted by Crippen LogP contribution is -2.21. The third kappa shape index (κ3) is 3.61. The van der Waals surface area contributed by atoms with E-state index in [1.807, 2.05) is 29.8 Å². The van der Waals surface area contributed by atoms with Crippen LogP contribution in [-0.4, -0.2) is 30.7 Å². The molecule has 4 aromatic rings. The molecule has 31 heavy (non-hydrogen) atoms. The van der Waals surface area contributed by atoms with Crippen LogP contribution in [0.2, 0.25) is 0 Å². The van der Waals surface area contributed by atoms with E-state index in [2.05, 4.69) is 31.4 Å². The normalized spacial score (nSPS) is 19.0. The minimum Gasteiger partial charge on any atom is -0.481 e. The number of aromatic nitrogens is 4. The molecule has 158 valence electrons. The molecule has 1 saturated carbocycles. The van der Waals surface area contributed by atoms with Gasteiger partial charge in [0.05, 0.1) is 28.0 Å². The molecule has 1 aliphatic carbocycles. The number of pyridine rings is 1. The van der Waals surface area contributed by atoms with Crippen molar-refractivity contribution >= 4 is 44.7 Å². The Balaban J connectivity index is 1.52. The number of rotatable bonds is 4. The summed E-state index contributed by atoms with van der Waals surface area (Å²) in [5, 5.41) is 17.8. The van der Waals surface area contributed by atoms with Crippen molar-refractivity contribution in [2.75, 3.05) is 5.73 Å². The summed E-state index contributed by atoms with van der Waals surface area (Å²) in [6, 6.07) is 6.07. The Bertz CT molecular complexity index is 1250. The van der Waals surface area contributed by atoms with Crippen molar-refractivity contribution in [2.24, 2.45) is 5.92 Å². The zero-order chi connectivity index (χ0) is 21.5. The molecule has 5 rings (SSSR count). The van der Waals surface area contributed by atoms with Crippen LogP contribution in [0, 0.1) is 5.92 Å². The number of nitrogens with two attached hydrogens (primary N) is 1.